The third kappa shape index (κ3) is 3.28. The number of ether oxygens (including phenoxy) is 1. The lowest BCUT2D eigenvalue weighted by Crippen LogP contribution is -2.23. The van der Waals surface area contributed by atoms with Gasteiger partial charge < -0.3 is 4.74 Å². The molecule has 1 unspecified atom stereocenters. The number of nitroso groups, excluding NO2 is 1. The molecule has 1 aromatic carbocycles. The summed E-state index contributed by atoms with van der Waals surface area (Å²) in [7, 11) is 1.40. The standard InChI is InChI=1S/C11H11N3O3/c1-8(15)17-11(14(2)13-16)10-5-3-9(7-12)4-6-10/h3-6,11H,1-2H3. The lowest BCUT2D eigenvalue weighted by molar-refractivity contribution is -0.156. The molecule has 1 rings (SSSR count). The molecule has 0 aliphatic heterocycles. The number of esters is 1. The zero-order valence-electron chi connectivity index (χ0n) is 9.45. The molecule has 0 radical (unpaired) electrons. The second-order valence-electron chi connectivity index (χ2n) is 3.35. The molecule has 0 heterocycles. The van der Waals surface area contributed by atoms with E-state index in [0.717, 1.165) is 5.01 Å². The molecule has 0 aliphatic rings. The Bertz CT molecular complexity index is 450. The highest BCUT2D eigenvalue weighted by Crippen LogP contribution is 2.21. The molecule has 6 nitrogen and oxygen atoms in total. The average Bonchev–Trinajstić information content (AvgIpc) is 2.35. The van der Waals surface area contributed by atoms with Crippen molar-refractivity contribution in [1.82, 2.24) is 5.01 Å². The van der Waals surface area contributed by atoms with E-state index in [-0.39, 0.29) is 0 Å². The Kier molecular flexibility index (Phi) is 4.17. The van der Waals surface area contributed by atoms with Crippen LogP contribution < -0.4 is 0 Å². The van der Waals surface area contributed by atoms with Crippen LogP contribution in [0.15, 0.2) is 29.6 Å². The summed E-state index contributed by atoms with van der Waals surface area (Å²) in [5.41, 5.74) is 1.05. The zero-order chi connectivity index (χ0) is 12.8. The van der Waals surface area contributed by atoms with Crippen molar-refractivity contribution in [3.05, 3.63) is 40.3 Å². The maximum atomic E-state index is 10.9. The van der Waals surface area contributed by atoms with Gasteiger partial charge in [0.25, 0.3) is 0 Å². The molecule has 1 atom stereocenters. The van der Waals surface area contributed by atoms with Gasteiger partial charge in [-0.3, -0.25) is 4.79 Å². The SMILES string of the molecule is CC(=O)OC(c1ccc(C#N)cc1)N(C)N=O. The highest BCUT2D eigenvalue weighted by molar-refractivity contribution is 5.66. The molecule has 6 heteroatoms. The van der Waals surface area contributed by atoms with E-state index in [1.54, 1.807) is 24.3 Å². The van der Waals surface area contributed by atoms with Gasteiger partial charge in [-0.2, -0.15) is 5.26 Å². The van der Waals surface area contributed by atoms with Crippen molar-refractivity contribution in [2.45, 2.75) is 13.2 Å². The third-order valence-corrected chi connectivity index (χ3v) is 2.07. The molecule has 17 heavy (non-hydrogen) atoms. The third-order valence-electron chi connectivity index (χ3n) is 2.07. The van der Waals surface area contributed by atoms with Crippen LogP contribution in [0.4, 0.5) is 0 Å². The molecular weight excluding hydrogens is 222 g/mol. The van der Waals surface area contributed by atoms with Gasteiger partial charge in [0.15, 0.2) is 0 Å². The van der Waals surface area contributed by atoms with Crippen molar-refractivity contribution in [2.24, 2.45) is 5.29 Å². The summed E-state index contributed by atoms with van der Waals surface area (Å²) < 4.78 is 4.97. The predicted octanol–water partition coefficient (Wildman–Crippen LogP) is 1.73. The number of hydrogen-bond acceptors (Lipinski definition) is 5. The van der Waals surface area contributed by atoms with Crippen molar-refractivity contribution in [1.29, 1.82) is 5.26 Å². The van der Waals surface area contributed by atoms with Crippen molar-refractivity contribution in [3.63, 3.8) is 0 Å². The predicted molar refractivity (Wildman–Crippen MR) is 59.2 cm³/mol. The monoisotopic (exact) mass is 233 g/mol. The Hall–Kier alpha value is -2.42. The average molecular weight is 233 g/mol. The van der Waals surface area contributed by atoms with Gasteiger partial charge in [-0.25, -0.2) is 5.01 Å². The molecule has 0 fully saturated rings. The number of rotatable bonds is 4. The Morgan fingerprint density at radius 2 is 2.06 bits per heavy atom. The minimum absolute atomic E-state index is 0.483. The first-order chi connectivity index (χ1) is 8.08. The Morgan fingerprint density at radius 3 is 2.47 bits per heavy atom. The van der Waals surface area contributed by atoms with Crippen molar-refractivity contribution >= 4 is 5.97 Å². The van der Waals surface area contributed by atoms with Crippen LogP contribution in [0.5, 0.6) is 0 Å². The fraction of sp³-hybridized carbons (Fsp3) is 0.273. The smallest absolute Gasteiger partial charge is 0.304 e. The second kappa shape index (κ2) is 5.61. The van der Waals surface area contributed by atoms with Crippen LogP contribution in [0.3, 0.4) is 0 Å². The first-order valence-electron chi connectivity index (χ1n) is 4.82. The molecule has 1 aromatic rings. The molecule has 0 spiro atoms. The lowest BCUT2D eigenvalue weighted by atomic mass is 10.1. The molecule has 0 N–H and O–H groups in total. The van der Waals surface area contributed by atoms with E-state index in [1.165, 1.54) is 14.0 Å². The van der Waals surface area contributed by atoms with E-state index in [0.29, 0.717) is 11.1 Å². The van der Waals surface area contributed by atoms with E-state index < -0.39 is 12.2 Å². The fourth-order valence-corrected chi connectivity index (χ4v) is 1.28. The van der Waals surface area contributed by atoms with E-state index in [4.69, 9.17) is 10.00 Å². The Morgan fingerprint density at radius 1 is 1.47 bits per heavy atom. The van der Waals surface area contributed by atoms with Crippen LogP contribution in [0.1, 0.15) is 24.3 Å². The summed E-state index contributed by atoms with van der Waals surface area (Å²) in [6.45, 7) is 1.25. The zero-order valence-corrected chi connectivity index (χ0v) is 9.45. The number of benzene rings is 1. The fourth-order valence-electron chi connectivity index (χ4n) is 1.28. The van der Waals surface area contributed by atoms with E-state index in [2.05, 4.69) is 5.29 Å². The number of carbonyl (C=O) groups excluding carboxylic acids is 1. The van der Waals surface area contributed by atoms with Crippen LogP contribution in [-0.4, -0.2) is 18.0 Å². The minimum Gasteiger partial charge on any atom is -0.436 e. The van der Waals surface area contributed by atoms with Gasteiger partial charge in [-0.05, 0) is 12.1 Å². The number of nitrogens with zero attached hydrogens (tertiary/aromatic N) is 3. The van der Waals surface area contributed by atoms with Crippen molar-refractivity contribution in [3.8, 4) is 6.07 Å². The van der Waals surface area contributed by atoms with Crippen LogP contribution in [0.2, 0.25) is 0 Å². The molecule has 0 aliphatic carbocycles. The first kappa shape index (κ1) is 12.6. The molecule has 0 aromatic heterocycles. The van der Waals surface area contributed by atoms with Gasteiger partial charge in [0, 0.05) is 19.5 Å². The van der Waals surface area contributed by atoms with E-state index >= 15 is 0 Å². The number of nitriles is 1. The van der Waals surface area contributed by atoms with E-state index in [9.17, 15) is 9.70 Å². The number of hydrogen-bond donors (Lipinski definition) is 0. The molecule has 0 saturated carbocycles. The summed E-state index contributed by atoms with van der Waals surface area (Å²) in [5, 5.41) is 12.3. The highest BCUT2D eigenvalue weighted by Gasteiger charge is 2.19. The van der Waals surface area contributed by atoms with Gasteiger partial charge >= 0.3 is 5.97 Å². The maximum Gasteiger partial charge on any atom is 0.304 e. The van der Waals surface area contributed by atoms with Gasteiger partial charge in [-0.15, -0.1) is 4.91 Å². The summed E-state index contributed by atoms with van der Waals surface area (Å²) >= 11 is 0. The highest BCUT2D eigenvalue weighted by atomic mass is 16.6. The largest absolute Gasteiger partial charge is 0.436 e. The summed E-state index contributed by atoms with van der Waals surface area (Å²) in [5.74, 6) is -0.519. The summed E-state index contributed by atoms with van der Waals surface area (Å²) in [4.78, 5) is 21.4. The maximum absolute atomic E-state index is 10.9. The number of carbonyl (C=O) groups is 1. The molecule has 0 saturated heterocycles. The first-order valence-corrected chi connectivity index (χ1v) is 4.82. The Labute approximate surface area is 98.3 Å². The van der Waals surface area contributed by atoms with Crippen molar-refractivity contribution < 1.29 is 9.53 Å². The van der Waals surface area contributed by atoms with Gasteiger partial charge in [-0.1, -0.05) is 12.1 Å². The van der Waals surface area contributed by atoms with Crippen LogP contribution in [0, 0.1) is 16.2 Å². The second-order valence-corrected chi connectivity index (χ2v) is 3.35. The lowest BCUT2D eigenvalue weighted by Gasteiger charge is -2.22. The normalized spacial score (nSPS) is 11.1. The molecular formula is C11H11N3O3. The van der Waals surface area contributed by atoms with Gasteiger partial charge in [0.1, 0.15) is 0 Å². The topological polar surface area (TPSA) is 82.8 Å². The van der Waals surface area contributed by atoms with Gasteiger partial charge in [0.05, 0.1) is 16.9 Å². The van der Waals surface area contributed by atoms with Crippen molar-refractivity contribution in [2.75, 3.05) is 7.05 Å². The summed E-state index contributed by atoms with van der Waals surface area (Å²) in [6, 6.07) is 8.33. The van der Waals surface area contributed by atoms with Gasteiger partial charge in [0.2, 0.25) is 6.23 Å². The van der Waals surface area contributed by atoms with E-state index in [1.807, 2.05) is 6.07 Å². The van der Waals surface area contributed by atoms with Crippen LogP contribution in [-0.2, 0) is 9.53 Å². The van der Waals surface area contributed by atoms with Crippen LogP contribution >= 0.6 is 0 Å². The summed E-state index contributed by atoms with van der Waals surface area (Å²) in [6.07, 6.45) is -0.877. The quantitative estimate of drug-likeness (QED) is 0.342. The molecule has 88 valence electrons. The Balaban J connectivity index is 2.99. The molecule has 0 amide bonds. The van der Waals surface area contributed by atoms with Crippen LogP contribution in [0.25, 0.3) is 0 Å². The molecule has 0 bridgehead atoms. The minimum atomic E-state index is -0.877.